The number of guanidine groups is 1. The Morgan fingerprint density at radius 3 is 2.96 bits per heavy atom. The smallest absolute Gasteiger partial charge is 0.194 e. The van der Waals surface area contributed by atoms with Crippen LogP contribution in [0.2, 0.25) is 0 Å². The number of aromatic amines is 1. The second-order valence-corrected chi connectivity index (χ2v) is 6.09. The number of halogens is 1. The second-order valence-electron chi connectivity index (χ2n) is 6.09. The quantitative estimate of drug-likeness (QED) is 0.276. The summed E-state index contributed by atoms with van der Waals surface area (Å²) in [5.74, 6) is 3.36. The number of furan rings is 1. The van der Waals surface area contributed by atoms with Crippen molar-refractivity contribution in [2.24, 2.45) is 4.99 Å². The number of hydrogen-bond acceptors (Lipinski definition) is 5. The van der Waals surface area contributed by atoms with Crippen molar-refractivity contribution < 1.29 is 9.15 Å². The molecular formula is C17H27IN6O2. The molecule has 0 aliphatic carbocycles. The van der Waals surface area contributed by atoms with E-state index in [1.54, 1.807) is 19.7 Å². The van der Waals surface area contributed by atoms with E-state index in [4.69, 9.17) is 9.15 Å². The Hall–Kier alpha value is -1.62. The van der Waals surface area contributed by atoms with E-state index in [2.05, 4.69) is 30.4 Å². The van der Waals surface area contributed by atoms with Gasteiger partial charge in [0.1, 0.15) is 17.9 Å². The highest BCUT2D eigenvalue weighted by molar-refractivity contribution is 14.0. The number of piperidine rings is 1. The largest absolute Gasteiger partial charge is 0.469 e. The molecule has 26 heavy (non-hydrogen) atoms. The van der Waals surface area contributed by atoms with Crippen molar-refractivity contribution >= 4 is 29.9 Å². The average molecular weight is 474 g/mol. The summed E-state index contributed by atoms with van der Waals surface area (Å²) < 4.78 is 10.5. The molecule has 9 heteroatoms. The maximum absolute atomic E-state index is 5.38. The first-order valence-corrected chi connectivity index (χ1v) is 8.76. The van der Waals surface area contributed by atoms with Crippen LogP contribution in [0.15, 0.2) is 34.1 Å². The van der Waals surface area contributed by atoms with Gasteiger partial charge in [0.2, 0.25) is 0 Å². The number of likely N-dealkylation sites (tertiary alicyclic amines) is 1. The lowest BCUT2D eigenvalue weighted by Crippen LogP contribution is -2.46. The Bertz CT molecular complexity index is 624. The van der Waals surface area contributed by atoms with Gasteiger partial charge in [-0.3, -0.25) is 10.1 Å². The zero-order valence-electron chi connectivity index (χ0n) is 15.1. The second kappa shape index (κ2) is 11.2. The first-order valence-electron chi connectivity index (χ1n) is 8.76. The predicted octanol–water partition coefficient (Wildman–Crippen LogP) is 2.03. The third-order valence-corrected chi connectivity index (χ3v) is 4.41. The number of rotatable bonds is 7. The number of aliphatic imine (C=N–C) groups is 1. The molecule has 1 saturated heterocycles. The van der Waals surface area contributed by atoms with Crippen LogP contribution in [0.3, 0.4) is 0 Å². The Labute approximate surface area is 170 Å². The molecule has 3 heterocycles. The monoisotopic (exact) mass is 474 g/mol. The fraction of sp³-hybridized carbons (Fsp3) is 0.588. The Morgan fingerprint density at radius 1 is 1.46 bits per heavy atom. The molecule has 2 N–H and O–H groups in total. The molecule has 1 aliphatic heterocycles. The molecule has 0 aromatic carbocycles. The van der Waals surface area contributed by atoms with E-state index in [0.717, 1.165) is 56.4 Å². The lowest BCUT2D eigenvalue weighted by Gasteiger charge is -2.33. The fourth-order valence-corrected chi connectivity index (χ4v) is 3.04. The molecule has 0 amide bonds. The fourth-order valence-electron chi connectivity index (χ4n) is 3.04. The van der Waals surface area contributed by atoms with Gasteiger partial charge in [0, 0.05) is 39.1 Å². The molecule has 0 atom stereocenters. The summed E-state index contributed by atoms with van der Waals surface area (Å²) in [7, 11) is 1.70. The first kappa shape index (κ1) is 20.7. The SMILES string of the molecule is COCCN=C(NCCc1ccco1)N1CCC(c2ncn[nH]2)CC1.I. The van der Waals surface area contributed by atoms with Crippen LogP contribution in [-0.4, -0.2) is 65.9 Å². The van der Waals surface area contributed by atoms with Crippen molar-refractivity contribution in [3.63, 3.8) is 0 Å². The highest BCUT2D eigenvalue weighted by Crippen LogP contribution is 2.24. The zero-order chi connectivity index (χ0) is 17.3. The van der Waals surface area contributed by atoms with Crippen molar-refractivity contribution in [1.29, 1.82) is 0 Å². The van der Waals surface area contributed by atoms with Crippen LogP contribution < -0.4 is 5.32 Å². The van der Waals surface area contributed by atoms with Gasteiger partial charge in [0.05, 0.1) is 19.4 Å². The molecule has 3 rings (SSSR count). The van der Waals surface area contributed by atoms with Gasteiger partial charge in [-0.2, -0.15) is 5.10 Å². The summed E-state index contributed by atoms with van der Waals surface area (Å²) in [6.45, 7) is 3.97. The molecule has 0 unspecified atom stereocenters. The maximum Gasteiger partial charge on any atom is 0.194 e. The third-order valence-electron chi connectivity index (χ3n) is 4.41. The number of methoxy groups -OCH3 is 1. The molecule has 8 nitrogen and oxygen atoms in total. The number of nitrogens with one attached hydrogen (secondary N) is 2. The summed E-state index contributed by atoms with van der Waals surface area (Å²) in [6.07, 6.45) is 6.20. The van der Waals surface area contributed by atoms with Crippen LogP contribution in [-0.2, 0) is 11.2 Å². The van der Waals surface area contributed by atoms with Gasteiger partial charge in [0.25, 0.3) is 0 Å². The number of H-pyrrole nitrogens is 1. The van der Waals surface area contributed by atoms with Gasteiger partial charge in [-0.1, -0.05) is 0 Å². The lowest BCUT2D eigenvalue weighted by atomic mass is 9.96. The van der Waals surface area contributed by atoms with Crippen LogP contribution in [0.25, 0.3) is 0 Å². The summed E-state index contributed by atoms with van der Waals surface area (Å²) in [5, 5.41) is 10.4. The van der Waals surface area contributed by atoms with Crippen molar-refractivity contribution in [2.75, 3.05) is 39.9 Å². The van der Waals surface area contributed by atoms with Crippen molar-refractivity contribution in [2.45, 2.75) is 25.2 Å². The van der Waals surface area contributed by atoms with Crippen molar-refractivity contribution in [3.8, 4) is 0 Å². The molecule has 2 aromatic rings. The van der Waals surface area contributed by atoms with Gasteiger partial charge in [0.15, 0.2) is 5.96 Å². The van der Waals surface area contributed by atoms with Gasteiger partial charge in [-0.25, -0.2) is 4.98 Å². The topological polar surface area (TPSA) is 91.6 Å². The van der Waals surface area contributed by atoms with Crippen LogP contribution in [0.4, 0.5) is 0 Å². The van der Waals surface area contributed by atoms with Crippen LogP contribution in [0.1, 0.15) is 30.3 Å². The molecule has 144 valence electrons. The van der Waals surface area contributed by atoms with Crippen LogP contribution >= 0.6 is 24.0 Å². The minimum absolute atomic E-state index is 0. The van der Waals surface area contributed by atoms with Gasteiger partial charge in [-0.15, -0.1) is 24.0 Å². The number of ether oxygens (including phenoxy) is 1. The van der Waals surface area contributed by atoms with Crippen LogP contribution in [0, 0.1) is 0 Å². The molecule has 2 aromatic heterocycles. The Kier molecular flexibility index (Phi) is 8.89. The summed E-state index contributed by atoms with van der Waals surface area (Å²) in [5.41, 5.74) is 0. The molecule has 0 saturated carbocycles. The van der Waals surface area contributed by atoms with E-state index in [-0.39, 0.29) is 24.0 Å². The van der Waals surface area contributed by atoms with Gasteiger partial charge in [-0.05, 0) is 25.0 Å². The van der Waals surface area contributed by atoms with Crippen molar-refractivity contribution in [3.05, 3.63) is 36.3 Å². The molecular weight excluding hydrogens is 447 g/mol. The highest BCUT2D eigenvalue weighted by atomic mass is 127. The Balaban J connectivity index is 0.00000243. The van der Waals surface area contributed by atoms with E-state index in [9.17, 15) is 0 Å². The van der Waals surface area contributed by atoms with Gasteiger partial charge < -0.3 is 19.4 Å². The highest BCUT2D eigenvalue weighted by Gasteiger charge is 2.24. The molecule has 1 fully saturated rings. The molecule has 0 spiro atoms. The summed E-state index contributed by atoms with van der Waals surface area (Å²) in [6, 6.07) is 3.91. The Morgan fingerprint density at radius 2 is 2.31 bits per heavy atom. The number of aromatic nitrogens is 3. The van der Waals surface area contributed by atoms with Crippen molar-refractivity contribution in [1.82, 2.24) is 25.4 Å². The lowest BCUT2D eigenvalue weighted by molar-refractivity contribution is 0.207. The number of nitrogens with zero attached hydrogens (tertiary/aromatic N) is 4. The van der Waals surface area contributed by atoms with Crippen LogP contribution in [0.5, 0.6) is 0 Å². The molecule has 0 radical (unpaired) electrons. The first-order chi connectivity index (χ1) is 12.4. The zero-order valence-corrected chi connectivity index (χ0v) is 17.4. The molecule has 1 aliphatic rings. The maximum atomic E-state index is 5.38. The normalized spacial score (nSPS) is 15.7. The standard InChI is InChI=1S/C17H26N6O2.HI/c1-24-12-8-19-17(18-7-4-15-3-2-11-25-15)23-9-5-14(6-10-23)16-20-13-21-22-16;/h2-3,11,13-14H,4-10,12H2,1H3,(H,18,19)(H,20,21,22);1H. The van der Waals surface area contributed by atoms with E-state index >= 15 is 0 Å². The van der Waals surface area contributed by atoms with E-state index in [1.807, 2.05) is 12.1 Å². The van der Waals surface area contributed by atoms with E-state index < -0.39 is 0 Å². The minimum atomic E-state index is 0. The summed E-state index contributed by atoms with van der Waals surface area (Å²) in [4.78, 5) is 11.3. The molecule has 0 bridgehead atoms. The minimum Gasteiger partial charge on any atom is -0.469 e. The predicted molar refractivity (Wildman–Crippen MR) is 110 cm³/mol. The van der Waals surface area contributed by atoms with Gasteiger partial charge >= 0.3 is 0 Å². The third kappa shape index (κ3) is 5.97. The number of hydrogen-bond donors (Lipinski definition) is 2. The summed E-state index contributed by atoms with van der Waals surface area (Å²) >= 11 is 0. The average Bonchev–Trinajstić information content (AvgIpc) is 3.35. The van der Waals surface area contributed by atoms with E-state index in [1.165, 1.54) is 0 Å². The van der Waals surface area contributed by atoms with E-state index in [0.29, 0.717) is 19.1 Å².